The Kier molecular flexibility index (Phi) is 3.91. The van der Waals surface area contributed by atoms with Gasteiger partial charge in [-0.2, -0.15) is 5.10 Å². The minimum Gasteiger partial charge on any atom is -0.368 e. The molecule has 0 aliphatic rings. The van der Waals surface area contributed by atoms with Crippen molar-refractivity contribution >= 4 is 5.82 Å². The molecular weight excluding hydrogens is 262 g/mol. The maximum atomic E-state index is 4.47. The number of benzene rings is 1. The SMILES string of the molecule is CCCNc1nccnc1-c1ccnn1-c1ccccc1. The van der Waals surface area contributed by atoms with E-state index in [0.717, 1.165) is 35.9 Å². The summed E-state index contributed by atoms with van der Waals surface area (Å²) in [5, 5.41) is 7.72. The van der Waals surface area contributed by atoms with Gasteiger partial charge in [0.15, 0.2) is 5.82 Å². The molecule has 0 unspecified atom stereocenters. The van der Waals surface area contributed by atoms with Crippen molar-refractivity contribution < 1.29 is 0 Å². The predicted molar refractivity (Wildman–Crippen MR) is 83.4 cm³/mol. The average Bonchev–Trinajstić information content (AvgIpc) is 3.03. The summed E-state index contributed by atoms with van der Waals surface area (Å²) in [7, 11) is 0. The largest absolute Gasteiger partial charge is 0.368 e. The van der Waals surface area contributed by atoms with Crippen molar-refractivity contribution in [3.05, 3.63) is 55.0 Å². The fourth-order valence-corrected chi connectivity index (χ4v) is 2.16. The van der Waals surface area contributed by atoms with Crippen LogP contribution in [0, 0.1) is 0 Å². The first-order valence-corrected chi connectivity index (χ1v) is 7.05. The van der Waals surface area contributed by atoms with Gasteiger partial charge in [-0.1, -0.05) is 25.1 Å². The molecule has 0 bridgehead atoms. The van der Waals surface area contributed by atoms with Crippen LogP contribution >= 0.6 is 0 Å². The van der Waals surface area contributed by atoms with E-state index in [9.17, 15) is 0 Å². The lowest BCUT2D eigenvalue weighted by molar-refractivity contribution is 0.881. The first kappa shape index (κ1) is 13.3. The minimum absolute atomic E-state index is 0.789. The number of nitrogens with zero attached hydrogens (tertiary/aromatic N) is 4. The maximum Gasteiger partial charge on any atom is 0.154 e. The molecule has 0 aliphatic heterocycles. The molecule has 0 amide bonds. The fraction of sp³-hybridized carbons (Fsp3) is 0.188. The quantitative estimate of drug-likeness (QED) is 0.779. The molecule has 21 heavy (non-hydrogen) atoms. The van der Waals surface area contributed by atoms with E-state index in [0.29, 0.717) is 0 Å². The monoisotopic (exact) mass is 279 g/mol. The van der Waals surface area contributed by atoms with Gasteiger partial charge in [-0.3, -0.25) is 0 Å². The number of anilines is 1. The van der Waals surface area contributed by atoms with Crippen LogP contribution in [0.25, 0.3) is 17.1 Å². The van der Waals surface area contributed by atoms with Crippen LogP contribution in [0.3, 0.4) is 0 Å². The van der Waals surface area contributed by atoms with E-state index in [-0.39, 0.29) is 0 Å². The Morgan fingerprint density at radius 3 is 2.62 bits per heavy atom. The van der Waals surface area contributed by atoms with E-state index < -0.39 is 0 Å². The Bertz CT molecular complexity index is 705. The van der Waals surface area contributed by atoms with Gasteiger partial charge in [0.2, 0.25) is 0 Å². The highest BCUT2D eigenvalue weighted by Gasteiger charge is 2.13. The maximum absolute atomic E-state index is 4.47. The molecule has 3 aromatic rings. The van der Waals surface area contributed by atoms with E-state index in [2.05, 4.69) is 27.3 Å². The first-order valence-electron chi connectivity index (χ1n) is 7.05. The standard InChI is InChI=1S/C16H17N5/c1-2-9-18-16-15(17-11-12-19-16)14-8-10-20-21(14)13-6-4-3-5-7-13/h3-8,10-12H,2,9H2,1H3,(H,18,19). The molecule has 0 atom stereocenters. The second-order valence-electron chi connectivity index (χ2n) is 4.64. The van der Waals surface area contributed by atoms with Crippen LogP contribution in [0.2, 0.25) is 0 Å². The van der Waals surface area contributed by atoms with E-state index >= 15 is 0 Å². The smallest absolute Gasteiger partial charge is 0.154 e. The van der Waals surface area contributed by atoms with Gasteiger partial charge in [0.1, 0.15) is 5.69 Å². The second-order valence-corrected chi connectivity index (χ2v) is 4.64. The second kappa shape index (κ2) is 6.17. The number of aromatic nitrogens is 4. The first-order chi connectivity index (χ1) is 10.4. The van der Waals surface area contributed by atoms with E-state index in [1.54, 1.807) is 18.6 Å². The average molecular weight is 279 g/mol. The van der Waals surface area contributed by atoms with Crippen LogP contribution < -0.4 is 5.32 Å². The van der Waals surface area contributed by atoms with E-state index in [1.165, 1.54) is 0 Å². The molecule has 2 aromatic heterocycles. The van der Waals surface area contributed by atoms with Crippen LogP contribution in [0.1, 0.15) is 13.3 Å². The molecule has 5 nitrogen and oxygen atoms in total. The minimum atomic E-state index is 0.789. The van der Waals surface area contributed by atoms with Crippen molar-refractivity contribution in [1.82, 2.24) is 19.7 Å². The summed E-state index contributed by atoms with van der Waals surface area (Å²) in [4.78, 5) is 8.87. The highest BCUT2D eigenvalue weighted by Crippen LogP contribution is 2.25. The molecule has 1 N–H and O–H groups in total. The zero-order valence-corrected chi connectivity index (χ0v) is 11.9. The van der Waals surface area contributed by atoms with Crippen LogP contribution in [-0.2, 0) is 0 Å². The van der Waals surface area contributed by atoms with Crippen molar-refractivity contribution in [3.63, 3.8) is 0 Å². The number of nitrogens with one attached hydrogen (secondary N) is 1. The summed E-state index contributed by atoms with van der Waals surface area (Å²) < 4.78 is 1.88. The molecule has 3 rings (SSSR count). The summed E-state index contributed by atoms with van der Waals surface area (Å²) in [6.07, 6.45) is 6.22. The van der Waals surface area contributed by atoms with Crippen LogP contribution in [-0.4, -0.2) is 26.3 Å². The summed E-state index contributed by atoms with van der Waals surface area (Å²) in [6, 6.07) is 12.0. The third kappa shape index (κ3) is 2.76. The Hall–Kier alpha value is -2.69. The molecule has 1 aromatic carbocycles. The van der Waals surface area contributed by atoms with Gasteiger partial charge in [-0.15, -0.1) is 0 Å². The summed E-state index contributed by atoms with van der Waals surface area (Å²) >= 11 is 0. The van der Waals surface area contributed by atoms with Crippen molar-refractivity contribution in [1.29, 1.82) is 0 Å². The van der Waals surface area contributed by atoms with Gasteiger partial charge in [-0.25, -0.2) is 14.6 Å². The zero-order chi connectivity index (χ0) is 14.5. The third-order valence-electron chi connectivity index (χ3n) is 3.13. The topological polar surface area (TPSA) is 55.6 Å². The summed E-state index contributed by atoms with van der Waals surface area (Å²) in [5.41, 5.74) is 2.74. The van der Waals surface area contributed by atoms with Crippen molar-refractivity contribution in [2.75, 3.05) is 11.9 Å². The van der Waals surface area contributed by atoms with E-state index in [1.807, 2.05) is 41.1 Å². The molecule has 0 fully saturated rings. The Morgan fingerprint density at radius 2 is 1.81 bits per heavy atom. The Balaban J connectivity index is 2.05. The molecule has 0 radical (unpaired) electrons. The Morgan fingerprint density at radius 1 is 1.00 bits per heavy atom. The van der Waals surface area contributed by atoms with E-state index in [4.69, 9.17) is 0 Å². The lowest BCUT2D eigenvalue weighted by Gasteiger charge is -2.11. The van der Waals surface area contributed by atoms with Gasteiger partial charge in [0.05, 0.1) is 17.6 Å². The number of hydrogen-bond acceptors (Lipinski definition) is 4. The van der Waals surface area contributed by atoms with Crippen LogP contribution in [0.15, 0.2) is 55.0 Å². The molecule has 0 saturated heterocycles. The van der Waals surface area contributed by atoms with Gasteiger partial charge in [0, 0.05) is 18.9 Å². The third-order valence-corrected chi connectivity index (χ3v) is 3.13. The van der Waals surface area contributed by atoms with Gasteiger partial charge >= 0.3 is 0 Å². The normalized spacial score (nSPS) is 10.5. The lowest BCUT2D eigenvalue weighted by Crippen LogP contribution is -2.07. The predicted octanol–water partition coefficient (Wildman–Crippen LogP) is 3.15. The Labute approximate surface area is 123 Å². The molecule has 0 saturated carbocycles. The highest BCUT2D eigenvalue weighted by molar-refractivity contribution is 5.69. The zero-order valence-electron chi connectivity index (χ0n) is 11.9. The molecule has 0 spiro atoms. The van der Waals surface area contributed by atoms with Crippen LogP contribution in [0.4, 0.5) is 5.82 Å². The molecule has 2 heterocycles. The molecule has 5 heteroatoms. The fourth-order valence-electron chi connectivity index (χ4n) is 2.16. The van der Waals surface area contributed by atoms with Crippen LogP contribution in [0.5, 0.6) is 0 Å². The molecule has 0 aliphatic carbocycles. The number of hydrogen-bond donors (Lipinski definition) is 1. The highest BCUT2D eigenvalue weighted by atomic mass is 15.3. The van der Waals surface area contributed by atoms with Gasteiger partial charge < -0.3 is 5.32 Å². The van der Waals surface area contributed by atoms with Crippen molar-refractivity contribution in [2.24, 2.45) is 0 Å². The number of para-hydroxylation sites is 1. The number of rotatable bonds is 5. The summed E-state index contributed by atoms with van der Waals surface area (Å²) in [5.74, 6) is 0.789. The molecule has 106 valence electrons. The van der Waals surface area contributed by atoms with Crippen molar-refractivity contribution in [2.45, 2.75) is 13.3 Å². The lowest BCUT2D eigenvalue weighted by atomic mass is 10.2. The van der Waals surface area contributed by atoms with Crippen molar-refractivity contribution in [3.8, 4) is 17.1 Å². The van der Waals surface area contributed by atoms with Gasteiger partial charge in [0.25, 0.3) is 0 Å². The van der Waals surface area contributed by atoms with Gasteiger partial charge in [-0.05, 0) is 24.6 Å². The molecular formula is C16H17N5. The summed E-state index contributed by atoms with van der Waals surface area (Å²) in [6.45, 7) is 2.99.